The average molecular weight is 806 g/mol. The van der Waals surface area contributed by atoms with Crippen LogP contribution in [0, 0.1) is 0 Å². The molecule has 282 valence electrons. The molecule has 2 rings (SSSR count). The van der Waals surface area contributed by atoms with Gasteiger partial charge in [-0.05, 0) is 0 Å². The number of carboxylic acids is 2. The summed E-state index contributed by atoms with van der Waals surface area (Å²) in [5, 5.41) is 35.7. The molecule has 2 aromatic rings. The molecule has 0 aliphatic heterocycles. The predicted octanol–water partition coefficient (Wildman–Crippen LogP) is 9.97. The third-order valence-corrected chi connectivity index (χ3v) is 8.36. The van der Waals surface area contributed by atoms with E-state index in [1.54, 1.807) is 0 Å². The smallest absolute Gasteiger partial charge is 0.418 e. The first kappa shape index (κ1) is 42.8. The molecule has 0 aliphatic carbocycles. The Labute approximate surface area is 268 Å². The molecule has 4 N–H and O–H groups in total. The Bertz CT molecular complexity index is 1650. The fourth-order valence-electron chi connectivity index (χ4n) is 4.39. The van der Waals surface area contributed by atoms with Crippen LogP contribution in [-0.2, 0) is 60.0 Å². The minimum Gasteiger partial charge on any atom is -0.478 e. The van der Waals surface area contributed by atoms with E-state index in [1.165, 1.54) is 0 Å². The van der Waals surface area contributed by atoms with Crippen LogP contribution < -0.4 is 0 Å². The summed E-state index contributed by atoms with van der Waals surface area (Å²) in [7, 11) is -3.62. The average Bonchev–Trinajstić information content (AvgIpc) is 2.87. The van der Waals surface area contributed by atoms with Crippen molar-refractivity contribution in [3.05, 3.63) is 55.6 Å². The Morgan fingerprint density at radius 1 is 0.440 bits per heavy atom. The molecule has 0 atom stereocenters. The minimum absolute atomic E-state index is 1.78. The second kappa shape index (κ2) is 14.0. The molecule has 50 heavy (non-hydrogen) atoms. The zero-order chi connectivity index (χ0) is 39.3. The number of hydrogen-bond donors (Lipinski definition) is 4. The minimum atomic E-state index is -6.91. The van der Waals surface area contributed by atoms with Gasteiger partial charge in [-0.3, -0.25) is 10.5 Å². The number of alkyl halides is 18. The van der Waals surface area contributed by atoms with E-state index >= 15 is 0 Å². The fourth-order valence-corrected chi connectivity index (χ4v) is 7.28. The third-order valence-electron chi connectivity index (χ3n) is 5.88. The lowest BCUT2D eigenvalue weighted by atomic mass is 9.89. The number of halogens is 18. The zero-order valence-corrected chi connectivity index (χ0v) is 24.1. The predicted molar refractivity (Wildman–Crippen MR) is 123 cm³/mol. The van der Waals surface area contributed by atoms with Gasteiger partial charge in [0, 0.05) is 20.9 Å². The molecule has 0 radical (unpaired) electrons. The van der Waals surface area contributed by atoms with Crippen molar-refractivity contribution in [2.75, 3.05) is 0 Å². The van der Waals surface area contributed by atoms with E-state index in [0.717, 1.165) is 0 Å². The normalized spacial score (nSPS) is 13.6. The maximum Gasteiger partial charge on any atom is 0.418 e. The highest BCUT2D eigenvalue weighted by Crippen LogP contribution is 2.60. The van der Waals surface area contributed by atoms with E-state index < -0.39 is 149 Å². The van der Waals surface area contributed by atoms with Crippen molar-refractivity contribution in [1.82, 2.24) is 0 Å². The number of hydrogen-bond acceptors (Lipinski definition) is 8. The van der Waals surface area contributed by atoms with Gasteiger partial charge in [0.2, 0.25) is 0 Å². The number of carbonyl (C=O) groups is 2. The van der Waals surface area contributed by atoms with E-state index in [0.29, 0.717) is 0 Å². The van der Waals surface area contributed by atoms with Crippen molar-refractivity contribution in [3.8, 4) is 0 Å². The van der Waals surface area contributed by atoms with Crippen molar-refractivity contribution in [2.45, 2.75) is 60.1 Å². The van der Waals surface area contributed by atoms with Crippen LogP contribution >= 0.6 is 21.6 Å². The number of aromatic carboxylic acids is 2. The molecule has 28 heteroatoms. The summed E-state index contributed by atoms with van der Waals surface area (Å²) in [6.07, 6.45) is -40.2. The van der Waals surface area contributed by atoms with E-state index in [4.69, 9.17) is 15.6 Å². The summed E-state index contributed by atoms with van der Waals surface area (Å²) in [6, 6.07) is 0. The Hall–Kier alpha value is -3.34. The van der Waals surface area contributed by atoms with Crippen LogP contribution in [0.1, 0.15) is 65.2 Å². The second-order valence-electron chi connectivity index (χ2n) is 8.93. The molecule has 0 bridgehead atoms. The number of rotatable bonds is 9. The lowest BCUT2D eigenvalue weighted by Crippen LogP contribution is -2.29. The summed E-state index contributed by atoms with van der Waals surface area (Å²) >= 11 is 0. The van der Waals surface area contributed by atoms with Crippen molar-refractivity contribution in [2.24, 2.45) is 0 Å². The topological polar surface area (TPSA) is 134 Å². The first-order valence-corrected chi connectivity index (χ1v) is 13.6. The van der Waals surface area contributed by atoms with Crippen molar-refractivity contribution >= 4 is 33.5 Å². The molecule has 0 spiro atoms. The molecule has 0 amide bonds. The van der Waals surface area contributed by atoms with E-state index in [-0.39, 0.29) is 0 Å². The SMILES string of the molecule is O=C(O)c1c(C(=O)O)c(C(F)(F)F)c(C(F)(F)F)c(SSc2c(C(F)(F)F)c(COO)c(COO)c(C(F)(F)F)c2C(F)(F)F)c1C(F)(F)F. The third kappa shape index (κ3) is 8.57. The molecular weight excluding hydrogens is 798 g/mol. The highest BCUT2D eigenvalue weighted by molar-refractivity contribution is 8.76. The molecule has 0 saturated heterocycles. The molecular formula is C22H8F18O8S2. The summed E-state index contributed by atoms with van der Waals surface area (Å²) in [5.74, 6) is -6.78. The Morgan fingerprint density at radius 3 is 0.980 bits per heavy atom. The van der Waals surface area contributed by atoms with Crippen molar-refractivity contribution in [3.63, 3.8) is 0 Å². The summed E-state index contributed by atoms with van der Waals surface area (Å²) < 4.78 is 254. The quantitative estimate of drug-likeness (QED) is 0.0840. The molecule has 0 aromatic heterocycles. The van der Waals surface area contributed by atoms with Gasteiger partial charge in [0.15, 0.2) is 0 Å². The summed E-state index contributed by atoms with van der Waals surface area (Å²) in [5.41, 5.74) is -32.0. The summed E-state index contributed by atoms with van der Waals surface area (Å²) in [6.45, 7) is -4.48. The summed E-state index contributed by atoms with van der Waals surface area (Å²) in [4.78, 5) is 23.4. The van der Waals surface area contributed by atoms with Crippen molar-refractivity contribution < 1.29 is 119 Å². The van der Waals surface area contributed by atoms with Gasteiger partial charge >= 0.3 is 49.0 Å². The van der Waals surface area contributed by atoms with Crippen LogP contribution in [0.25, 0.3) is 0 Å². The van der Waals surface area contributed by atoms with Gasteiger partial charge in [-0.1, -0.05) is 21.6 Å². The standard InChI is InChI=1S/C22H8F18O8S2/c23-17(24,25)7-3(1-47-45)4(2-48-46)8(18(26,27)28)13(11(7)21(35,36)37)49-50-14-10(20(32,33)34)6(16(43)44)5(15(41)42)9(19(29,30)31)12(14)22(38,39)40/h45-46H,1-2H2,(H,41,42)(H,43,44). The monoisotopic (exact) mass is 806 g/mol. The van der Waals surface area contributed by atoms with Crippen molar-refractivity contribution in [1.29, 1.82) is 0 Å². The molecule has 0 saturated carbocycles. The van der Waals surface area contributed by atoms with Crippen LogP contribution in [0.3, 0.4) is 0 Å². The molecule has 0 fully saturated rings. The largest absolute Gasteiger partial charge is 0.478 e. The van der Waals surface area contributed by atoms with Gasteiger partial charge in [0.25, 0.3) is 0 Å². The molecule has 8 nitrogen and oxygen atoms in total. The molecule has 0 heterocycles. The van der Waals surface area contributed by atoms with Gasteiger partial charge in [-0.25, -0.2) is 19.4 Å². The van der Waals surface area contributed by atoms with Crippen LogP contribution in [-0.4, -0.2) is 32.7 Å². The van der Waals surface area contributed by atoms with Gasteiger partial charge in [0.05, 0.1) is 44.5 Å². The van der Waals surface area contributed by atoms with Gasteiger partial charge in [-0.15, -0.1) is 0 Å². The lowest BCUT2D eigenvalue weighted by Gasteiger charge is -2.29. The number of carboxylic acid groups (broad SMARTS) is 2. The van der Waals surface area contributed by atoms with Gasteiger partial charge in [0.1, 0.15) is 13.2 Å². The van der Waals surface area contributed by atoms with E-state index in [2.05, 4.69) is 9.78 Å². The first-order chi connectivity index (χ1) is 22.3. The van der Waals surface area contributed by atoms with Crippen LogP contribution in [0.15, 0.2) is 9.79 Å². The Kier molecular flexibility index (Phi) is 12.0. The highest BCUT2D eigenvalue weighted by atomic mass is 33.1. The van der Waals surface area contributed by atoms with Crippen LogP contribution in [0.2, 0.25) is 0 Å². The number of benzene rings is 2. The maximum atomic E-state index is 14.3. The van der Waals surface area contributed by atoms with Crippen LogP contribution in [0.4, 0.5) is 79.0 Å². The lowest BCUT2D eigenvalue weighted by molar-refractivity contribution is -0.260. The van der Waals surface area contributed by atoms with E-state index in [1.807, 2.05) is 0 Å². The Morgan fingerprint density at radius 2 is 0.700 bits per heavy atom. The second-order valence-corrected chi connectivity index (χ2v) is 11.1. The molecule has 0 aliphatic rings. The zero-order valence-electron chi connectivity index (χ0n) is 22.5. The first-order valence-electron chi connectivity index (χ1n) is 11.5. The highest BCUT2D eigenvalue weighted by Gasteiger charge is 2.56. The molecule has 2 aromatic carbocycles. The van der Waals surface area contributed by atoms with Crippen LogP contribution in [0.5, 0.6) is 0 Å². The Balaban J connectivity index is 3.49. The maximum absolute atomic E-state index is 14.3. The molecule has 0 unspecified atom stereocenters. The van der Waals surface area contributed by atoms with Gasteiger partial charge in [-0.2, -0.15) is 79.0 Å². The van der Waals surface area contributed by atoms with Gasteiger partial charge < -0.3 is 10.2 Å². The van der Waals surface area contributed by atoms with E-state index in [9.17, 15) is 93.7 Å². The fraction of sp³-hybridized carbons (Fsp3) is 0.364.